The number of carbonyl (C=O) groups excluding carboxylic acids is 1. The van der Waals surface area contributed by atoms with Crippen molar-refractivity contribution in [3.05, 3.63) is 12.2 Å². The van der Waals surface area contributed by atoms with Gasteiger partial charge in [0.2, 0.25) is 0 Å². The smallest absolute Gasteiger partial charge is 0.318 e. The molecule has 0 aliphatic heterocycles. The Kier molecular flexibility index (Phi) is 3.49. The van der Waals surface area contributed by atoms with Gasteiger partial charge in [-0.25, -0.2) is 0 Å². The van der Waals surface area contributed by atoms with E-state index < -0.39 is 10.8 Å². The van der Waals surface area contributed by atoms with Gasteiger partial charge in [-0.15, -0.1) is 0 Å². The van der Waals surface area contributed by atoms with Crippen LogP contribution in [0, 0.1) is 16.7 Å². The largest absolute Gasteiger partial charge is 0.468 e. The number of methoxy groups -OCH3 is 2. The highest BCUT2D eigenvalue weighted by Gasteiger charge is 2.66. The quantitative estimate of drug-likeness (QED) is 0.551. The number of aliphatic hydroxyl groups is 2. The van der Waals surface area contributed by atoms with Crippen LogP contribution in [0.1, 0.15) is 12.8 Å². The second kappa shape index (κ2) is 4.64. The van der Waals surface area contributed by atoms with Crippen molar-refractivity contribution in [3.8, 4) is 0 Å². The van der Waals surface area contributed by atoms with Gasteiger partial charge in [0.25, 0.3) is 0 Å². The number of rotatable bonds is 4. The van der Waals surface area contributed by atoms with Crippen LogP contribution in [-0.4, -0.2) is 49.7 Å². The number of ether oxygens (including phenoxy) is 2. The first-order chi connectivity index (χ1) is 8.61. The standard InChI is InChI=1S/C13H20O5/c1-17-10-6-12(7-14,8-15)9-4-3-5-13(9,10)11(16)18-2/h3,5,9-10,14-15H,4,6-8H2,1-2H3/t9-,10+,13+/m1/s1. The van der Waals surface area contributed by atoms with Crippen molar-refractivity contribution in [3.63, 3.8) is 0 Å². The number of aliphatic hydroxyl groups excluding tert-OH is 2. The molecule has 0 amide bonds. The molecule has 0 aromatic rings. The maximum absolute atomic E-state index is 12.2. The molecule has 0 saturated heterocycles. The van der Waals surface area contributed by atoms with Gasteiger partial charge in [0.1, 0.15) is 5.41 Å². The summed E-state index contributed by atoms with van der Waals surface area (Å²) in [5.74, 6) is -0.519. The minimum atomic E-state index is -0.866. The van der Waals surface area contributed by atoms with Crippen LogP contribution in [0.3, 0.4) is 0 Å². The maximum Gasteiger partial charge on any atom is 0.318 e. The monoisotopic (exact) mass is 256 g/mol. The lowest BCUT2D eigenvalue weighted by Crippen LogP contribution is -2.44. The van der Waals surface area contributed by atoms with Crippen LogP contribution in [0.5, 0.6) is 0 Å². The summed E-state index contributed by atoms with van der Waals surface area (Å²) in [7, 11) is 2.90. The lowest BCUT2D eigenvalue weighted by Gasteiger charge is -2.35. The normalized spacial score (nSPS) is 36.7. The molecule has 0 spiro atoms. The van der Waals surface area contributed by atoms with E-state index in [1.54, 1.807) is 7.11 Å². The third-order valence-corrected chi connectivity index (χ3v) is 4.66. The summed E-state index contributed by atoms with van der Waals surface area (Å²) in [6.45, 7) is -0.317. The van der Waals surface area contributed by atoms with Crippen LogP contribution in [-0.2, 0) is 14.3 Å². The zero-order valence-electron chi connectivity index (χ0n) is 10.8. The Bertz CT molecular complexity index is 360. The van der Waals surface area contributed by atoms with E-state index in [2.05, 4.69) is 0 Å². The molecule has 2 aliphatic carbocycles. The van der Waals surface area contributed by atoms with Gasteiger partial charge < -0.3 is 19.7 Å². The molecular formula is C13H20O5. The van der Waals surface area contributed by atoms with Crippen LogP contribution in [0.25, 0.3) is 0 Å². The van der Waals surface area contributed by atoms with Crippen LogP contribution in [0.2, 0.25) is 0 Å². The molecule has 0 heterocycles. The first-order valence-corrected chi connectivity index (χ1v) is 6.12. The van der Waals surface area contributed by atoms with Crippen molar-refractivity contribution < 1.29 is 24.5 Å². The molecule has 1 fully saturated rings. The van der Waals surface area contributed by atoms with E-state index in [0.29, 0.717) is 12.8 Å². The number of esters is 1. The fourth-order valence-electron chi connectivity index (χ4n) is 3.68. The number of allylic oxidation sites excluding steroid dienone is 1. The number of carbonyl (C=O) groups is 1. The topological polar surface area (TPSA) is 76.0 Å². The highest BCUT2D eigenvalue weighted by Crippen LogP contribution is 2.60. The zero-order chi connectivity index (χ0) is 13.4. The van der Waals surface area contributed by atoms with Gasteiger partial charge in [0.05, 0.1) is 26.4 Å². The molecule has 102 valence electrons. The Morgan fingerprint density at radius 3 is 2.56 bits per heavy atom. The summed E-state index contributed by atoms with van der Waals surface area (Å²) >= 11 is 0. The average molecular weight is 256 g/mol. The lowest BCUT2D eigenvalue weighted by molar-refractivity contribution is -0.158. The molecule has 0 aromatic heterocycles. The molecule has 0 radical (unpaired) electrons. The predicted molar refractivity (Wildman–Crippen MR) is 63.7 cm³/mol. The van der Waals surface area contributed by atoms with Crippen LogP contribution in [0.4, 0.5) is 0 Å². The Labute approximate surface area is 106 Å². The molecule has 2 N–H and O–H groups in total. The summed E-state index contributed by atoms with van der Waals surface area (Å²) in [4.78, 5) is 12.2. The number of hydrogen-bond acceptors (Lipinski definition) is 5. The van der Waals surface area contributed by atoms with Crippen molar-refractivity contribution >= 4 is 5.97 Å². The highest BCUT2D eigenvalue weighted by atomic mass is 16.5. The Hall–Kier alpha value is -0.910. The van der Waals surface area contributed by atoms with Gasteiger partial charge in [0, 0.05) is 12.5 Å². The predicted octanol–water partition coefficient (Wildman–Crippen LogP) is 0.112. The van der Waals surface area contributed by atoms with E-state index >= 15 is 0 Å². The number of fused-ring (bicyclic) bond motifs is 1. The summed E-state index contributed by atoms with van der Waals surface area (Å²) in [5, 5.41) is 19.3. The van der Waals surface area contributed by atoms with Crippen molar-refractivity contribution in [2.24, 2.45) is 16.7 Å². The molecule has 5 heteroatoms. The summed E-state index contributed by atoms with van der Waals surface area (Å²) in [5.41, 5.74) is -1.55. The number of hydrogen-bond donors (Lipinski definition) is 2. The van der Waals surface area contributed by atoms with Crippen molar-refractivity contribution in [1.29, 1.82) is 0 Å². The molecular weight excluding hydrogens is 236 g/mol. The van der Waals surface area contributed by atoms with E-state index in [9.17, 15) is 15.0 Å². The van der Waals surface area contributed by atoms with E-state index in [1.165, 1.54) is 7.11 Å². The molecule has 2 rings (SSSR count). The van der Waals surface area contributed by atoms with Crippen molar-refractivity contribution in [1.82, 2.24) is 0 Å². The SMILES string of the molecule is COC(=O)[C@@]12C=CC[C@@H]1C(CO)(CO)C[C@@H]2OC. The minimum absolute atomic E-state index is 0.158. The summed E-state index contributed by atoms with van der Waals surface area (Å²) in [6, 6.07) is 0. The third kappa shape index (κ3) is 1.47. The van der Waals surface area contributed by atoms with E-state index in [1.807, 2.05) is 12.2 Å². The fourth-order valence-corrected chi connectivity index (χ4v) is 3.68. The first-order valence-electron chi connectivity index (χ1n) is 6.12. The van der Waals surface area contributed by atoms with Gasteiger partial charge in [-0.05, 0) is 18.8 Å². The molecule has 0 unspecified atom stereocenters. The van der Waals surface area contributed by atoms with Gasteiger partial charge in [-0.3, -0.25) is 4.79 Å². The van der Waals surface area contributed by atoms with Gasteiger partial charge in [0.15, 0.2) is 0 Å². The van der Waals surface area contributed by atoms with Gasteiger partial charge >= 0.3 is 5.97 Å². The van der Waals surface area contributed by atoms with Gasteiger partial charge in [-0.2, -0.15) is 0 Å². The van der Waals surface area contributed by atoms with Crippen LogP contribution in [0.15, 0.2) is 12.2 Å². The molecule has 2 aliphatic rings. The first kappa shape index (κ1) is 13.5. The summed E-state index contributed by atoms with van der Waals surface area (Å²) < 4.78 is 10.4. The second-order valence-corrected chi connectivity index (χ2v) is 5.22. The molecule has 0 aromatic carbocycles. The molecule has 1 saturated carbocycles. The maximum atomic E-state index is 12.2. The molecule has 0 bridgehead atoms. The van der Waals surface area contributed by atoms with Crippen LogP contribution < -0.4 is 0 Å². The van der Waals surface area contributed by atoms with Crippen molar-refractivity contribution in [2.45, 2.75) is 18.9 Å². The van der Waals surface area contributed by atoms with E-state index in [-0.39, 0.29) is 31.2 Å². The Morgan fingerprint density at radius 1 is 1.39 bits per heavy atom. The Balaban J connectivity index is 2.47. The molecule has 5 nitrogen and oxygen atoms in total. The zero-order valence-corrected chi connectivity index (χ0v) is 10.8. The van der Waals surface area contributed by atoms with Gasteiger partial charge in [-0.1, -0.05) is 12.2 Å². The third-order valence-electron chi connectivity index (χ3n) is 4.66. The van der Waals surface area contributed by atoms with Crippen molar-refractivity contribution in [2.75, 3.05) is 27.4 Å². The summed E-state index contributed by atoms with van der Waals surface area (Å²) in [6.07, 6.45) is 4.47. The minimum Gasteiger partial charge on any atom is -0.468 e. The Morgan fingerprint density at radius 2 is 2.06 bits per heavy atom. The molecule has 18 heavy (non-hydrogen) atoms. The second-order valence-electron chi connectivity index (χ2n) is 5.22. The molecule has 3 atom stereocenters. The fraction of sp³-hybridized carbons (Fsp3) is 0.769. The highest BCUT2D eigenvalue weighted by molar-refractivity contribution is 5.82. The van der Waals surface area contributed by atoms with E-state index in [4.69, 9.17) is 9.47 Å². The van der Waals surface area contributed by atoms with E-state index in [0.717, 1.165) is 0 Å². The lowest BCUT2D eigenvalue weighted by atomic mass is 9.70. The van der Waals surface area contributed by atoms with Crippen LogP contribution >= 0.6 is 0 Å². The average Bonchev–Trinajstić information content (AvgIpc) is 2.95.